The molecule has 0 saturated carbocycles. The molecule has 0 aliphatic carbocycles. The van der Waals surface area contributed by atoms with Gasteiger partial charge in [0, 0.05) is 13.1 Å². The van der Waals surface area contributed by atoms with Crippen molar-refractivity contribution < 1.29 is 24.2 Å². The number of hydrogen-bond acceptors (Lipinski definition) is 5. The van der Waals surface area contributed by atoms with E-state index in [4.69, 9.17) is 9.47 Å². The van der Waals surface area contributed by atoms with Crippen LogP contribution in [0, 0.1) is 0 Å². The summed E-state index contributed by atoms with van der Waals surface area (Å²) in [5, 5.41) is 9.98. The Balaban J connectivity index is 2.03. The first-order chi connectivity index (χ1) is 11.0. The minimum atomic E-state index is -0.883. The number of aromatic hydroxyl groups is 1. The molecule has 1 aliphatic heterocycles. The van der Waals surface area contributed by atoms with Crippen LogP contribution in [0.15, 0.2) is 18.2 Å². The van der Waals surface area contributed by atoms with E-state index in [1.54, 1.807) is 17.9 Å². The third kappa shape index (κ3) is 4.15. The van der Waals surface area contributed by atoms with Crippen LogP contribution in [0.1, 0.15) is 43.0 Å². The first-order valence-electron chi connectivity index (χ1n) is 7.90. The SMILES string of the molecule is COc1cccc(C(=O)O[C@H](C)C(=O)N2CCCCCC2)c1O. The topological polar surface area (TPSA) is 76.1 Å². The molecule has 1 aromatic carbocycles. The van der Waals surface area contributed by atoms with Crippen LogP contribution >= 0.6 is 0 Å². The van der Waals surface area contributed by atoms with Crippen LogP contribution in [-0.2, 0) is 9.53 Å². The molecule has 23 heavy (non-hydrogen) atoms. The van der Waals surface area contributed by atoms with Gasteiger partial charge in [-0.15, -0.1) is 0 Å². The highest BCUT2D eigenvalue weighted by Gasteiger charge is 2.26. The number of likely N-dealkylation sites (tertiary alicyclic amines) is 1. The number of amides is 1. The molecule has 2 rings (SSSR count). The second kappa shape index (κ2) is 7.85. The number of para-hydroxylation sites is 1. The van der Waals surface area contributed by atoms with E-state index >= 15 is 0 Å². The van der Waals surface area contributed by atoms with Crippen LogP contribution in [0.3, 0.4) is 0 Å². The molecule has 6 nitrogen and oxygen atoms in total. The Labute approximate surface area is 136 Å². The zero-order valence-corrected chi connectivity index (χ0v) is 13.6. The van der Waals surface area contributed by atoms with Crippen LogP contribution in [0.2, 0.25) is 0 Å². The maximum absolute atomic E-state index is 12.4. The number of phenols is 1. The summed E-state index contributed by atoms with van der Waals surface area (Å²) in [6.45, 7) is 2.96. The number of phenolic OH excluding ortho intramolecular Hbond substituents is 1. The lowest BCUT2D eigenvalue weighted by molar-refractivity contribution is -0.139. The molecular formula is C17H23NO5. The molecule has 0 bridgehead atoms. The summed E-state index contributed by atoms with van der Waals surface area (Å²) in [5.41, 5.74) is -0.0140. The fraction of sp³-hybridized carbons (Fsp3) is 0.529. The number of esters is 1. The number of hydrogen-bond donors (Lipinski definition) is 1. The molecule has 1 aromatic rings. The van der Waals surface area contributed by atoms with E-state index < -0.39 is 12.1 Å². The second-order valence-corrected chi connectivity index (χ2v) is 5.64. The molecule has 0 spiro atoms. The molecule has 1 atom stereocenters. The minimum absolute atomic E-state index is 0.0140. The van der Waals surface area contributed by atoms with Crippen molar-refractivity contribution in [3.05, 3.63) is 23.8 Å². The molecule has 0 aromatic heterocycles. The predicted octanol–water partition coefficient (Wildman–Crippen LogP) is 2.35. The smallest absolute Gasteiger partial charge is 0.342 e. The van der Waals surface area contributed by atoms with Gasteiger partial charge in [-0.05, 0) is 31.9 Å². The fourth-order valence-electron chi connectivity index (χ4n) is 2.67. The second-order valence-electron chi connectivity index (χ2n) is 5.64. The van der Waals surface area contributed by atoms with E-state index in [0.717, 1.165) is 25.7 Å². The van der Waals surface area contributed by atoms with Crippen molar-refractivity contribution in [3.8, 4) is 11.5 Å². The Morgan fingerprint density at radius 1 is 1.17 bits per heavy atom. The monoisotopic (exact) mass is 321 g/mol. The Morgan fingerprint density at radius 3 is 2.43 bits per heavy atom. The normalized spacial score (nSPS) is 16.3. The number of ether oxygens (including phenoxy) is 2. The van der Waals surface area contributed by atoms with Gasteiger partial charge in [0.05, 0.1) is 7.11 Å². The molecule has 1 amide bonds. The molecule has 126 valence electrons. The number of carbonyl (C=O) groups is 2. The number of nitrogens with zero attached hydrogens (tertiary/aromatic N) is 1. The molecule has 1 saturated heterocycles. The van der Waals surface area contributed by atoms with Crippen LogP contribution in [0.25, 0.3) is 0 Å². The third-order valence-corrected chi connectivity index (χ3v) is 3.99. The van der Waals surface area contributed by atoms with Crippen molar-refractivity contribution in [1.29, 1.82) is 0 Å². The minimum Gasteiger partial charge on any atom is -0.504 e. The molecule has 1 N–H and O–H groups in total. The van der Waals surface area contributed by atoms with Crippen molar-refractivity contribution in [3.63, 3.8) is 0 Å². The van der Waals surface area contributed by atoms with Crippen molar-refractivity contribution in [2.75, 3.05) is 20.2 Å². The zero-order chi connectivity index (χ0) is 16.8. The highest BCUT2D eigenvalue weighted by atomic mass is 16.5. The number of rotatable bonds is 4. The lowest BCUT2D eigenvalue weighted by Crippen LogP contribution is -2.40. The van der Waals surface area contributed by atoms with E-state index in [9.17, 15) is 14.7 Å². The Kier molecular flexibility index (Phi) is 5.84. The number of benzene rings is 1. The average molecular weight is 321 g/mol. The van der Waals surface area contributed by atoms with Gasteiger partial charge < -0.3 is 19.5 Å². The van der Waals surface area contributed by atoms with Gasteiger partial charge in [-0.3, -0.25) is 4.79 Å². The molecular weight excluding hydrogens is 298 g/mol. The van der Waals surface area contributed by atoms with Gasteiger partial charge in [-0.2, -0.15) is 0 Å². The molecule has 1 heterocycles. The van der Waals surface area contributed by atoms with Crippen LogP contribution in [-0.4, -0.2) is 48.2 Å². The van der Waals surface area contributed by atoms with Gasteiger partial charge in [0.2, 0.25) is 0 Å². The van der Waals surface area contributed by atoms with Crippen molar-refractivity contribution in [2.24, 2.45) is 0 Å². The highest BCUT2D eigenvalue weighted by Crippen LogP contribution is 2.30. The van der Waals surface area contributed by atoms with Crippen LogP contribution in [0.5, 0.6) is 11.5 Å². The molecule has 1 aliphatic rings. The van der Waals surface area contributed by atoms with E-state index in [1.807, 2.05) is 0 Å². The van der Waals surface area contributed by atoms with E-state index in [1.165, 1.54) is 19.2 Å². The average Bonchev–Trinajstić information content (AvgIpc) is 2.83. The molecule has 6 heteroatoms. The largest absolute Gasteiger partial charge is 0.504 e. The maximum atomic E-state index is 12.4. The summed E-state index contributed by atoms with van der Waals surface area (Å²) in [7, 11) is 1.40. The van der Waals surface area contributed by atoms with E-state index in [-0.39, 0.29) is 23.0 Å². The van der Waals surface area contributed by atoms with Gasteiger partial charge >= 0.3 is 5.97 Å². The Hall–Kier alpha value is -2.24. The first-order valence-corrected chi connectivity index (χ1v) is 7.90. The predicted molar refractivity (Wildman–Crippen MR) is 84.6 cm³/mol. The van der Waals surface area contributed by atoms with Gasteiger partial charge in [-0.1, -0.05) is 18.9 Å². The summed E-state index contributed by atoms with van der Waals surface area (Å²) in [6.07, 6.45) is 3.31. The standard InChI is InChI=1S/C17H23NO5/c1-12(16(20)18-10-5-3-4-6-11-18)23-17(21)13-8-7-9-14(22-2)15(13)19/h7-9,12,19H,3-6,10-11H2,1-2H3/t12-/m1/s1. The van der Waals surface area contributed by atoms with Gasteiger partial charge in [0.1, 0.15) is 5.56 Å². The molecule has 0 radical (unpaired) electrons. The quantitative estimate of drug-likeness (QED) is 0.862. The van der Waals surface area contributed by atoms with Gasteiger partial charge in [0.15, 0.2) is 17.6 Å². The summed E-state index contributed by atoms with van der Waals surface area (Å²) in [4.78, 5) is 26.3. The Morgan fingerprint density at radius 2 is 1.83 bits per heavy atom. The fourth-order valence-corrected chi connectivity index (χ4v) is 2.67. The number of methoxy groups -OCH3 is 1. The van der Waals surface area contributed by atoms with Gasteiger partial charge in [0.25, 0.3) is 5.91 Å². The lowest BCUT2D eigenvalue weighted by atomic mass is 10.2. The maximum Gasteiger partial charge on any atom is 0.342 e. The summed E-state index contributed by atoms with van der Waals surface area (Å²) < 4.78 is 10.2. The summed E-state index contributed by atoms with van der Waals surface area (Å²) in [5.74, 6) is -1.03. The highest BCUT2D eigenvalue weighted by molar-refractivity contribution is 5.95. The van der Waals surface area contributed by atoms with Crippen LogP contribution < -0.4 is 4.74 Å². The molecule has 1 fully saturated rings. The lowest BCUT2D eigenvalue weighted by Gasteiger charge is -2.24. The van der Waals surface area contributed by atoms with E-state index in [0.29, 0.717) is 13.1 Å². The van der Waals surface area contributed by atoms with Crippen molar-refractivity contribution in [1.82, 2.24) is 4.90 Å². The zero-order valence-electron chi connectivity index (χ0n) is 13.6. The molecule has 0 unspecified atom stereocenters. The third-order valence-electron chi connectivity index (χ3n) is 3.99. The van der Waals surface area contributed by atoms with Gasteiger partial charge in [-0.25, -0.2) is 4.79 Å². The van der Waals surface area contributed by atoms with Crippen molar-refractivity contribution in [2.45, 2.75) is 38.7 Å². The summed E-state index contributed by atoms with van der Waals surface area (Å²) in [6, 6.07) is 4.55. The first kappa shape index (κ1) is 17.1. The number of carbonyl (C=O) groups excluding carboxylic acids is 2. The summed E-state index contributed by atoms with van der Waals surface area (Å²) >= 11 is 0. The van der Waals surface area contributed by atoms with Crippen molar-refractivity contribution >= 4 is 11.9 Å². The van der Waals surface area contributed by atoms with Crippen LogP contribution in [0.4, 0.5) is 0 Å². The van der Waals surface area contributed by atoms with E-state index in [2.05, 4.69) is 0 Å². The Bertz CT molecular complexity index is 564.